The lowest BCUT2D eigenvalue weighted by atomic mass is 10.1. The summed E-state index contributed by atoms with van der Waals surface area (Å²) in [7, 11) is 0. The number of aromatic amines is 2. The van der Waals surface area contributed by atoms with Crippen molar-refractivity contribution in [2.75, 3.05) is 4.90 Å². The van der Waals surface area contributed by atoms with Gasteiger partial charge in [0.05, 0.1) is 0 Å². The monoisotopic (exact) mass is 291 g/mol. The highest BCUT2D eigenvalue weighted by molar-refractivity contribution is 6.34. The van der Waals surface area contributed by atoms with E-state index in [9.17, 15) is 19.2 Å². The molecule has 0 bridgehead atoms. The zero-order valence-electron chi connectivity index (χ0n) is 9.77. The first-order chi connectivity index (χ1) is 9.49. The number of hydrogen-bond donors (Lipinski definition) is 2. The van der Waals surface area contributed by atoms with E-state index in [1.165, 1.54) is 24.3 Å². The summed E-state index contributed by atoms with van der Waals surface area (Å²) in [6.07, 6.45) is 0. The van der Waals surface area contributed by atoms with Gasteiger partial charge in [-0.3, -0.25) is 19.4 Å². The van der Waals surface area contributed by atoms with Crippen LogP contribution in [0, 0.1) is 0 Å². The van der Waals surface area contributed by atoms with Crippen molar-refractivity contribution in [3.8, 4) is 0 Å². The van der Waals surface area contributed by atoms with E-state index in [-0.39, 0.29) is 16.9 Å². The van der Waals surface area contributed by atoms with Crippen LogP contribution in [0.25, 0.3) is 0 Å². The third-order valence-electron chi connectivity index (χ3n) is 2.85. The molecule has 0 unspecified atom stereocenters. The molecule has 0 saturated carbocycles. The number of aromatic nitrogens is 2. The van der Waals surface area contributed by atoms with Crippen LogP contribution in [0.15, 0.2) is 33.9 Å². The van der Waals surface area contributed by atoms with Crippen molar-refractivity contribution in [2.45, 2.75) is 0 Å². The highest BCUT2D eigenvalue weighted by Crippen LogP contribution is 2.27. The molecule has 1 aromatic heterocycles. The molecular weight excluding hydrogens is 286 g/mol. The molecule has 7 nitrogen and oxygen atoms in total. The fraction of sp³-hybridized carbons (Fsp3) is 0. The van der Waals surface area contributed by atoms with Gasteiger partial charge < -0.3 is 4.98 Å². The molecule has 1 aliphatic rings. The van der Waals surface area contributed by atoms with E-state index < -0.39 is 23.1 Å². The van der Waals surface area contributed by atoms with E-state index in [0.29, 0.717) is 9.92 Å². The third kappa shape index (κ3) is 1.68. The van der Waals surface area contributed by atoms with Gasteiger partial charge in [0.2, 0.25) is 0 Å². The third-order valence-corrected chi connectivity index (χ3v) is 3.10. The molecule has 2 aromatic rings. The number of nitrogens with zero attached hydrogens (tertiary/aromatic N) is 1. The van der Waals surface area contributed by atoms with Gasteiger partial charge >= 0.3 is 5.69 Å². The number of benzene rings is 1. The van der Waals surface area contributed by atoms with Crippen LogP contribution in [0.3, 0.4) is 0 Å². The van der Waals surface area contributed by atoms with Crippen molar-refractivity contribution in [1.29, 1.82) is 0 Å². The van der Waals surface area contributed by atoms with Crippen molar-refractivity contribution in [3.05, 3.63) is 61.4 Å². The summed E-state index contributed by atoms with van der Waals surface area (Å²) >= 11 is 5.71. The molecule has 100 valence electrons. The smallest absolute Gasteiger partial charge is 0.301 e. The SMILES string of the molecule is O=C(c1ccc(Cl)cc1)N1C(=O)c2[nH]c(=O)[nH]c(=O)c21. The topological polar surface area (TPSA) is 103 Å². The number of H-pyrrole nitrogens is 2. The Labute approximate surface area is 115 Å². The standard InChI is InChI=1S/C12H6ClN3O4/c13-6-3-1-5(2-4-6)10(18)16-8-7(11(16)19)14-12(20)15-9(8)17/h1-4H,(H2,14,15,17,20). The van der Waals surface area contributed by atoms with E-state index in [4.69, 9.17) is 11.6 Å². The molecule has 1 aliphatic heterocycles. The Morgan fingerprint density at radius 3 is 2.35 bits per heavy atom. The van der Waals surface area contributed by atoms with E-state index in [2.05, 4.69) is 4.98 Å². The van der Waals surface area contributed by atoms with Crippen LogP contribution in [-0.2, 0) is 0 Å². The van der Waals surface area contributed by atoms with Gasteiger partial charge in [-0.1, -0.05) is 11.6 Å². The first kappa shape index (κ1) is 12.4. The highest BCUT2D eigenvalue weighted by atomic mass is 35.5. The van der Waals surface area contributed by atoms with Gasteiger partial charge in [0.15, 0.2) is 0 Å². The van der Waals surface area contributed by atoms with Crippen molar-refractivity contribution < 1.29 is 9.59 Å². The van der Waals surface area contributed by atoms with Gasteiger partial charge in [0.1, 0.15) is 11.4 Å². The maximum absolute atomic E-state index is 12.2. The van der Waals surface area contributed by atoms with Gasteiger partial charge in [-0.25, -0.2) is 9.69 Å². The maximum Gasteiger partial charge on any atom is 0.326 e. The summed E-state index contributed by atoms with van der Waals surface area (Å²) in [5, 5.41) is 0.444. The fourth-order valence-corrected chi connectivity index (χ4v) is 2.05. The Morgan fingerprint density at radius 1 is 1.05 bits per heavy atom. The van der Waals surface area contributed by atoms with Crippen LogP contribution in [0.4, 0.5) is 5.69 Å². The number of hydrogen-bond acceptors (Lipinski definition) is 4. The number of imide groups is 1. The van der Waals surface area contributed by atoms with Crippen molar-refractivity contribution >= 4 is 29.1 Å². The first-order valence-electron chi connectivity index (χ1n) is 5.50. The Bertz CT molecular complexity index is 850. The Hall–Kier alpha value is -2.67. The molecule has 20 heavy (non-hydrogen) atoms. The van der Waals surface area contributed by atoms with E-state index in [0.717, 1.165) is 0 Å². The second-order valence-corrected chi connectivity index (χ2v) is 4.52. The van der Waals surface area contributed by atoms with Crippen LogP contribution in [0.5, 0.6) is 0 Å². The number of anilines is 1. The van der Waals surface area contributed by atoms with Crippen molar-refractivity contribution in [3.63, 3.8) is 0 Å². The lowest BCUT2D eigenvalue weighted by Crippen LogP contribution is -2.52. The van der Waals surface area contributed by atoms with Crippen LogP contribution in [0.2, 0.25) is 5.02 Å². The van der Waals surface area contributed by atoms with Crippen LogP contribution in [-0.4, -0.2) is 21.8 Å². The van der Waals surface area contributed by atoms with Crippen molar-refractivity contribution in [2.24, 2.45) is 0 Å². The molecule has 0 fully saturated rings. The number of carbonyl (C=O) groups is 2. The summed E-state index contributed by atoms with van der Waals surface area (Å²) in [5.74, 6) is -1.38. The van der Waals surface area contributed by atoms with Crippen molar-refractivity contribution in [1.82, 2.24) is 9.97 Å². The minimum absolute atomic E-state index is 0.158. The average Bonchev–Trinajstić information content (AvgIpc) is 2.41. The molecule has 0 radical (unpaired) electrons. The lowest BCUT2D eigenvalue weighted by Gasteiger charge is -2.29. The highest BCUT2D eigenvalue weighted by Gasteiger charge is 2.42. The lowest BCUT2D eigenvalue weighted by molar-refractivity contribution is 0.0872. The van der Waals surface area contributed by atoms with Gasteiger partial charge in [-0.15, -0.1) is 0 Å². The zero-order chi connectivity index (χ0) is 14.4. The second-order valence-electron chi connectivity index (χ2n) is 4.08. The summed E-state index contributed by atoms with van der Waals surface area (Å²) in [6, 6.07) is 5.87. The number of carbonyl (C=O) groups excluding carboxylic acids is 2. The summed E-state index contributed by atoms with van der Waals surface area (Å²) in [5.41, 5.74) is -1.69. The largest absolute Gasteiger partial charge is 0.326 e. The van der Waals surface area contributed by atoms with Gasteiger partial charge in [0, 0.05) is 10.6 Å². The molecule has 0 saturated heterocycles. The second kappa shape index (κ2) is 4.17. The minimum atomic E-state index is -0.791. The normalized spacial score (nSPS) is 12.8. The van der Waals surface area contributed by atoms with Gasteiger partial charge in [-0.05, 0) is 24.3 Å². The number of halogens is 1. The first-order valence-corrected chi connectivity index (χ1v) is 5.88. The molecule has 0 aliphatic carbocycles. The quantitative estimate of drug-likeness (QED) is 0.747. The summed E-state index contributed by atoms with van der Waals surface area (Å²) < 4.78 is 0. The van der Waals surface area contributed by atoms with Crippen LogP contribution < -0.4 is 16.1 Å². The molecule has 3 rings (SSSR count). The number of amides is 2. The summed E-state index contributed by atoms with van der Waals surface area (Å²) in [4.78, 5) is 51.5. The molecular formula is C12H6ClN3O4. The molecule has 2 heterocycles. The fourth-order valence-electron chi connectivity index (χ4n) is 1.92. The Balaban J connectivity index is 2.06. The predicted octanol–water partition coefficient (Wildman–Crippen LogP) is 0.517. The Kier molecular flexibility index (Phi) is 2.58. The number of fused-ring (bicyclic) bond motifs is 1. The summed E-state index contributed by atoms with van der Waals surface area (Å²) in [6.45, 7) is 0. The van der Waals surface area contributed by atoms with Crippen LogP contribution in [0.1, 0.15) is 20.8 Å². The van der Waals surface area contributed by atoms with Gasteiger partial charge in [0.25, 0.3) is 17.4 Å². The molecule has 8 heteroatoms. The minimum Gasteiger partial charge on any atom is -0.301 e. The van der Waals surface area contributed by atoms with Crippen LogP contribution >= 0.6 is 11.6 Å². The Morgan fingerprint density at radius 2 is 1.70 bits per heavy atom. The molecule has 2 N–H and O–H groups in total. The number of nitrogens with one attached hydrogen (secondary N) is 2. The van der Waals surface area contributed by atoms with Gasteiger partial charge in [-0.2, -0.15) is 0 Å². The van der Waals surface area contributed by atoms with E-state index >= 15 is 0 Å². The predicted molar refractivity (Wildman–Crippen MR) is 70.3 cm³/mol. The molecule has 1 aromatic carbocycles. The molecule has 2 amide bonds. The molecule has 0 atom stereocenters. The average molecular weight is 292 g/mol. The zero-order valence-corrected chi connectivity index (χ0v) is 10.5. The maximum atomic E-state index is 12.2. The van der Waals surface area contributed by atoms with E-state index in [1.807, 2.05) is 4.98 Å². The van der Waals surface area contributed by atoms with E-state index in [1.54, 1.807) is 0 Å². The number of rotatable bonds is 1. The molecule has 0 spiro atoms.